The Bertz CT molecular complexity index is 162. The van der Waals surface area contributed by atoms with Crippen LogP contribution in [0, 0.1) is 0 Å². The van der Waals surface area contributed by atoms with Crippen LogP contribution in [0.5, 0.6) is 0 Å². The number of likely N-dealkylation sites (tertiary alicyclic amines) is 1. The summed E-state index contributed by atoms with van der Waals surface area (Å²) in [5, 5.41) is 3.51. The van der Waals surface area contributed by atoms with Gasteiger partial charge in [-0.05, 0) is 58.2 Å². The summed E-state index contributed by atoms with van der Waals surface area (Å²) in [6, 6.07) is 1.79. The fourth-order valence-corrected chi connectivity index (χ4v) is 3.11. The summed E-state index contributed by atoms with van der Waals surface area (Å²) in [5.41, 5.74) is 0. The molecule has 14 heavy (non-hydrogen) atoms. The predicted octanol–water partition coefficient (Wildman–Crippen LogP) is 2.00. The first-order valence-corrected chi connectivity index (χ1v) is 6.38. The molecule has 0 aliphatic carbocycles. The fourth-order valence-electron chi connectivity index (χ4n) is 3.11. The maximum absolute atomic E-state index is 3.51. The second-order valence-electron chi connectivity index (χ2n) is 4.78. The average Bonchev–Trinajstić information content (AvgIpc) is 2.52. The smallest absolute Gasteiger partial charge is 0.0111 e. The Kier molecular flexibility index (Phi) is 3.82. The summed E-state index contributed by atoms with van der Waals surface area (Å²) < 4.78 is 0. The van der Waals surface area contributed by atoms with Crippen LogP contribution >= 0.6 is 0 Å². The Morgan fingerprint density at radius 2 is 2.07 bits per heavy atom. The van der Waals surface area contributed by atoms with Crippen molar-refractivity contribution in [2.24, 2.45) is 0 Å². The van der Waals surface area contributed by atoms with Crippen LogP contribution in [0.3, 0.4) is 0 Å². The van der Waals surface area contributed by atoms with E-state index in [9.17, 15) is 0 Å². The van der Waals surface area contributed by atoms with Crippen molar-refractivity contribution in [3.05, 3.63) is 0 Å². The van der Waals surface area contributed by atoms with Crippen LogP contribution in [0.15, 0.2) is 0 Å². The van der Waals surface area contributed by atoms with Gasteiger partial charge >= 0.3 is 0 Å². The van der Waals surface area contributed by atoms with E-state index >= 15 is 0 Å². The summed E-state index contributed by atoms with van der Waals surface area (Å²) >= 11 is 0. The highest BCUT2D eigenvalue weighted by atomic mass is 15.2. The summed E-state index contributed by atoms with van der Waals surface area (Å²) in [5.74, 6) is 0. The minimum atomic E-state index is 0.887. The first-order chi connectivity index (χ1) is 6.92. The predicted molar refractivity (Wildman–Crippen MR) is 60.5 cm³/mol. The van der Waals surface area contributed by atoms with Gasteiger partial charge < -0.3 is 5.32 Å². The summed E-state index contributed by atoms with van der Waals surface area (Å²) in [6.45, 7) is 6.18. The van der Waals surface area contributed by atoms with E-state index in [-0.39, 0.29) is 0 Å². The molecule has 82 valence electrons. The van der Waals surface area contributed by atoms with Crippen molar-refractivity contribution in [3.8, 4) is 0 Å². The van der Waals surface area contributed by atoms with Crippen molar-refractivity contribution in [1.29, 1.82) is 0 Å². The highest BCUT2D eigenvalue weighted by Crippen LogP contribution is 2.26. The molecule has 0 saturated carbocycles. The third kappa shape index (κ3) is 2.29. The molecule has 2 saturated heterocycles. The van der Waals surface area contributed by atoms with E-state index in [0.717, 1.165) is 12.1 Å². The Hall–Kier alpha value is -0.0800. The Morgan fingerprint density at radius 3 is 2.93 bits per heavy atom. The molecule has 0 aromatic rings. The first kappa shape index (κ1) is 10.4. The van der Waals surface area contributed by atoms with Gasteiger partial charge in [-0.1, -0.05) is 6.92 Å². The summed E-state index contributed by atoms with van der Waals surface area (Å²) in [7, 11) is 0. The molecule has 2 heterocycles. The molecule has 2 nitrogen and oxygen atoms in total. The minimum absolute atomic E-state index is 0.887. The van der Waals surface area contributed by atoms with Crippen molar-refractivity contribution >= 4 is 0 Å². The molecule has 0 aromatic heterocycles. The zero-order chi connectivity index (χ0) is 9.80. The van der Waals surface area contributed by atoms with Crippen LogP contribution in [0.1, 0.15) is 45.4 Å². The summed E-state index contributed by atoms with van der Waals surface area (Å²) in [6.07, 6.45) is 8.39. The van der Waals surface area contributed by atoms with Crippen LogP contribution < -0.4 is 5.32 Å². The highest BCUT2D eigenvalue weighted by Gasteiger charge is 2.29. The highest BCUT2D eigenvalue weighted by molar-refractivity contribution is 4.85. The zero-order valence-electron chi connectivity index (χ0n) is 9.47. The Morgan fingerprint density at radius 1 is 1.14 bits per heavy atom. The van der Waals surface area contributed by atoms with Crippen LogP contribution in [0.2, 0.25) is 0 Å². The van der Waals surface area contributed by atoms with Crippen molar-refractivity contribution < 1.29 is 0 Å². The number of nitrogens with one attached hydrogen (secondary N) is 1. The lowest BCUT2D eigenvalue weighted by Gasteiger charge is -2.31. The SMILES string of the molecule is CCC1CCCN1C1CCCNCC1. The second-order valence-corrected chi connectivity index (χ2v) is 4.78. The fraction of sp³-hybridized carbons (Fsp3) is 1.00. The molecule has 2 rings (SSSR count). The van der Waals surface area contributed by atoms with Crippen molar-refractivity contribution in [1.82, 2.24) is 10.2 Å². The van der Waals surface area contributed by atoms with Gasteiger partial charge in [0.1, 0.15) is 0 Å². The minimum Gasteiger partial charge on any atom is -0.317 e. The van der Waals surface area contributed by atoms with Gasteiger partial charge in [-0.3, -0.25) is 4.90 Å². The van der Waals surface area contributed by atoms with Gasteiger partial charge in [0, 0.05) is 12.1 Å². The first-order valence-electron chi connectivity index (χ1n) is 6.38. The monoisotopic (exact) mass is 196 g/mol. The van der Waals surface area contributed by atoms with Gasteiger partial charge in [-0.2, -0.15) is 0 Å². The molecule has 0 aromatic carbocycles. The topological polar surface area (TPSA) is 15.3 Å². The van der Waals surface area contributed by atoms with Crippen molar-refractivity contribution in [2.45, 2.75) is 57.5 Å². The van der Waals surface area contributed by atoms with Crippen LogP contribution in [-0.4, -0.2) is 36.6 Å². The molecule has 0 amide bonds. The van der Waals surface area contributed by atoms with Gasteiger partial charge in [0.05, 0.1) is 0 Å². The molecular weight excluding hydrogens is 172 g/mol. The average molecular weight is 196 g/mol. The molecule has 2 fully saturated rings. The van der Waals surface area contributed by atoms with E-state index in [1.54, 1.807) is 0 Å². The van der Waals surface area contributed by atoms with E-state index in [0.29, 0.717) is 0 Å². The maximum atomic E-state index is 3.51. The normalized spacial score (nSPS) is 35.8. The molecule has 2 atom stereocenters. The van der Waals surface area contributed by atoms with Gasteiger partial charge in [0.25, 0.3) is 0 Å². The van der Waals surface area contributed by atoms with E-state index in [1.807, 2.05) is 0 Å². The lowest BCUT2D eigenvalue weighted by Crippen LogP contribution is -2.39. The van der Waals surface area contributed by atoms with Crippen LogP contribution in [0.4, 0.5) is 0 Å². The van der Waals surface area contributed by atoms with E-state index in [4.69, 9.17) is 0 Å². The molecule has 2 heteroatoms. The standard InChI is InChI=1S/C12H24N2/c1-2-11-6-4-10-14(11)12-5-3-8-13-9-7-12/h11-13H,2-10H2,1H3. The molecular formula is C12H24N2. The lowest BCUT2D eigenvalue weighted by atomic mass is 10.1. The third-order valence-electron chi connectivity index (χ3n) is 3.91. The molecule has 2 unspecified atom stereocenters. The number of hydrogen-bond acceptors (Lipinski definition) is 2. The molecule has 0 radical (unpaired) electrons. The Labute approximate surface area is 88.1 Å². The maximum Gasteiger partial charge on any atom is 0.0111 e. The molecule has 2 aliphatic heterocycles. The lowest BCUT2D eigenvalue weighted by molar-refractivity contribution is 0.162. The van der Waals surface area contributed by atoms with Gasteiger partial charge in [0.15, 0.2) is 0 Å². The zero-order valence-corrected chi connectivity index (χ0v) is 9.47. The molecule has 2 aliphatic rings. The van der Waals surface area contributed by atoms with Gasteiger partial charge in [-0.25, -0.2) is 0 Å². The number of rotatable bonds is 2. The van der Waals surface area contributed by atoms with Gasteiger partial charge in [0.2, 0.25) is 0 Å². The molecule has 0 bridgehead atoms. The van der Waals surface area contributed by atoms with E-state index in [2.05, 4.69) is 17.1 Å². The largest absolute Gasteiger partial charge is 0.317 e. The van der Waals surface area contributed by atoms with Crippen molar-refractivity contribution in [3.63, 3.8) is 0 Å². The van der Waals surface area contributed by atoms with Crippen molar-refractivity contribution in [2.75, 3.05) is 19.6 Å². The summed E-state index contributed by atoms with van der Waals surface area (Å²) in [4.78, 5) is 2.80. The third-order valence-corrected chi connectivity index (χ3v) is 3.91. The number of nitrogens with zero attached hydrogens (tertiary/aromatic N) is 1. The van der Waals surface area contributed by atoms with Crippen LogP contribution in [0.25, 0.3) is 0 Å². The number of hydrogen-bond donors (Lipinski definition) is 1. The van der Waals surface area contributed by atoms with E-state index in [1.165, 1.54) is 58.2 Å². The van der Waals surface area contributed by atoms with E-state index < -0.39 is 0 Å². The molecule has 1 N–H and O–H groups in total. The quantitative estimate of drug-likeness (QED) is 0.727. The second kappa shape index (κ2) is 5.13. The molecule has 0 spiro atoms. The van der Waals surface area contributed by atoms with Gasteiger partial charge in [-0.15, -0.1) is 0 Å². The Balaban J connectivity index is 1.91. The van der Waals surface area contributed by atoms with Crippen LogP contribution in [-0.2, 0) is 0 Å².